The monoisotopic (exact) mass is 278 g/mol. The minimum Gasteiger partial charge on any atom is -0.341 e. The second-order valence-electron chi connectivity index (χ2n) is 4.71. The van der Waals surface area contributed by atoms with E-state index in [9.17, 15) is 4.79 Å². The van der Waals surface area contributed by atoms with Gasteiger partial charge in [-0.25, -0.2) is 0 Å². The Hall–Kier alpha value is -1.31. The molecule has 1 atom stereocenters. The Morgan fingerprint density at radius 2 is 2.32 bits per heavy atom. The van der Waals surface area contributed by atoms with Crippen LogP contribution in [0.5, 0.6) is 0 Å². The average molecular weight is 278 g/mol. The van der Waals surface area contributed by atoms with Crippen LogP contribution in [0.1, 0.15) is 37.1 Å². The summed E-state index contributed by atoms with van der Waals surface area (Å²) in [6, 6.07) is 2.03. The molecule has 1 aromatic rings. The normalized spacial score (nSPS) is 11.6. The molecular weight excluding hydrogens is 256 g/mol. The molecule has 19 heavy (non-hydrogen) atoms. The van der Waals surface area contributed by atoms with Crippen LogP contribution >= 0.6 is 11.3 Å². The highest BCUT2D eigenvalue weighted by molar-refractivity contribution is 7.10. The van der Waals surface area contributed by atoms with Crippen LogP contribution in [0.2, 0.25) is 0 Å². The Balaban J connectivity index is 2.59. The van der Waals surface area contributed by atoms with Crippen LogP contribution in [0.15, 0.2) is 11.4 Å². The van der Waals surface area contributed by atoms with Gasteiger partial charge in [-0.15, -0.1) is 11.3 Å². The Bertz CT molecular complexity index is 470. The summed E-state index contributed by atoms with van der Waals surface area (Å²) < 4.78 is 0. The molecule has 1 heterocycles. The van der Waals surface area contributed by atoms with Crippen molar-refractivity contribution in [2.75, 3.05) is 13.6 Å². The van der Waals surface area contributed by atoms with Crippen molar-refractivity contribution in [2.45, 2.75) is 33.2 Å². The van der Waals surface area contributed by atoms with Crippen molar-refractivity contribution in [2.24, 2.45) is 11.7 Å². The van der Waals surface area contributed by atoms with Crippen molar-refractivity contribution in [3.05, 3.63) is 21.9 Å². The van der Waals surface area contributed by atoms with Gasteiger partial charge >= 0.3 is 0 Å². The standard InChI is InChI=1S/C15H22N2OS/c1-4-6-12(2)15(18)17(3)10-13-9-14(19-11-13)7-5-8-16/h9,11-12H,4,6,8,10,16H2,1-3H3. The second-order valence-corrected chi connectivity index (χ2v) is 5.62. The fraction of sp³-hybridized carbons (Fsp3) is 0.533. The van der Waals surface area contributed by atoms with Gasteiger partial charge in [0, 0.05) is 19.5 Å². The first-order chi connectivity index (χ1) is 9.08. The molecule has 0 saturated heterocycles. The molecular formula is C15H22N2OS. The predicted molar refractivity (Wildman–Crippen MR) is 80.8 cm³/mol. The molecule has 0 aliphatic carbocycles. The van der Waals surface area contributed by atoms with E-state index in [0.717, 1.165) is 23.3 Å². The molecule has 0 saturated carbocycles. The summed E-state index contributed by atoms with van der Waals surface area (Å²) in [5.41, 5.74) is 6.47. The maximum absolute atomic E-state index is 12.1. The third-order valence-corrected chi connectivity index (χ3v) is 3.80. The Labute approximate surface area is 119 Å². The van der Waals surface area contributed by atoms with Gasteiger partial charge in [-0.2, -0.15) is 0 Å². The van der Waals surface area contributed by atoms with Gasteiger partial charge in [0.05, 0.1) is 11.4 Å². The van der Waals surface area contributed by atoms with Crippen molar-refractivity contribution in [3.8, 4) is 11.8 Å². The fourth-order valence-electron chi connectivity index (χ4n) is 1.95. The summed E-state index contributed by atoms with van der Waals surface area (Å²) in [6.45, 7) is 5.12. The van der Waals surface area contributed by atoms with Gasteiger partial charge in [0.15, 0.2) is 0 Å². The maximum Gasteiger partial charge on any atom is 0.225 e. The highest BCUT2D eigenvalue weighted by Gasteiger charge is 2.16. The van der Waals surface area contributed by atoms with E-state index in [2.05, 4.69) is 24.1 Å². The summed E-state index contributed by atoms with van der Waals surface area (Å²) in [4.78, 5) is 14.9. The lowest BCUT2D eigenvalue weighted by Crippen LogP contribution is -2.31. The molecule has 3 nitrogen and oxygen atoms in total. The molecule has 1 unspecified atom stereocenters. The van der Waals surface area contributed by atoms with Gasteiger partial charge in [-0.3, -0.25) is 4.79 Å². The van der Waals surface area contributed by atoms with E-state index >= 15 is 0 Å². The van der Waals surface area contributed by atoms with Crippen LogP contribution in [0.3, 0.4) is 0 Å². The van der Waals surface area contributed by atoms with E-state index in [1.54, 1.807) is 16.2 Å². The first-order valence-electron chi connectivity index (χ1n) is 6.59. The number of amides is 1. The summed E-state index contributed by atoms with van der Waals surface area (Å²) in [5.74, 6) is 6.16. The lowest BCUT2D eigenvalue weighted by atomic mass is 10.0. The third-order valence-electron chi connectivity index (χ3n) is 2.91. The number of hydrogen-bond donors (Lipinski definition) is 1. The van der Waals surface area contributed by atoms with Crippen molar-refractivity contribution >= 4 is 17.2 Å². The summed E-state index contributed by atoms with van der Waals surface area (Å²) in [7, 11) is 1.86. The van der Waals surface area contributed by atoms with Crippen LogP contribution in [0, 0.1) is 17.8 Å². The SMILES string of the molecule is CCCC(C)C(=O)N(C)Cc1csc(C#CCN)c1. The van der Waals surface area contributed by atoms with Gasteiger partial charge < -0.3 is 10.6 Å². The minimum absolute atomic E-state index is 0.102. The molecule has 4 heteroatoms. The van der Waals surface area contributed by atoms with Crippen molar-refractivity contribution in [1.82, 2.24) is 4.90 Å². The quantitative estimate of drug-likeness (QED) is 0.841. The molecule has 0 bridgehead atoms. The molecule has 0 fully saturated rings. The van der Waals surface area contributed by atoms with Gasteiger partial charge in [-0.1, -0.05) is 32.1 Å². The zero-order valence-electron chi connectivity index (χ0n) is 11.9. The number of carbonyl (C=O) groups excluding carboxylic acids is 1. The molecule has 1 aromatic heterocycles. The lowest BCUT2D eigenvalue weighted by molar-refractivity contribution is -0.134. The summed E-state index contributed by atoms with van der Waals surface area (Å²) >= 11 is 1.59. The molecule has 1 rings (SSSR count). The van der Waals surface area contributed by atoms with Crippen molar-refractivity contribution < 1.29 is 4.79 Å². The molecule has 0 radical (unpaired) electrons. The van der Waals surface area contributed by atoms with Gasteiger partial charge in [0.2, 0.25) is 5.91 Å². The molecule has 0 spiro atoms. The largest absolute Gasteiger partial charge is 0.341 e. The highest BCUT2D eigenvalue weighted by Crippen LogP contribution is 2.17. The van der Waals surface area contributed by atoms with E-state index in [0.29, 0.717) is 13.1 Å². The molecule has 1 amide bonds. The first-order valence-corrected chi connectivity index (χ1v) is 7.47. The number of rotatable bonds is 5. The Kier molecular flexibility index (Phi) is 6.61. The van der Waals surface area contributed by atoms with Gasteiger partial charge in [-0.05, 0) is 23.4 Å². The van der Waals surface area contributed by atoms with Crippen molar-refractivity contribution in [3.63, 3.8) is 0 Å². The topological polar surface area (TPSA) is 46.3 Å². The fourth-order valence-corrected chi connectivity index (χ4v) is 2.72. The second kappa shape index (κ2) is 7.98. The van der Waals surface area contributed by atoms with Crippen LogP contribution in [-0.2, 0) is 11.3 Å². The van der Waals surface area contributed by atoms with Gasteiger partial charge in [0.25, 0.3) is 0 Å². The van der Waals surface area contributed by atoms with E-state index < -0.39 is 0 Å². The Morgan fingerprint density at radius 3 is 2.95 bits per heavy atom. The van der Waals surface area contributed by atoms with Crippen LogP contribution < -0.4 is 5.73 Å². The number of hydrogen-bond acceptors (Lipinski definition) is 3. The van der Waals surface area contributed by atoms with Gasteiger partial charge in [0.1, 0.15) is 0 Å². The summed E-state index contributed by atoms with van der Waals surface area (Å²) in [5, 5.41) is 2.05. The van der Waals surface area contributed by atoms with E-state index in [-0.39, 0.29) is 11.8 Å². The predicted octanol–water partition coefficient (Wildman–Crippen LogP) is 2.45. The summed E-state index contributed by atoms with van der Waals surface area (Å²) in [6.07, 6.45) is 1.98. The van der Waals surface area contributed by atoms with E-state index in [1.165, 1.54) is 0 Å². The number of nitrogens with two attached hydrogens (primary N) is 1. The molecule has 104 valence electrons. The van der Waals surface area contributed by atoms with Crippen LogP contribution in [0.4, 0.5) is 0 Å². The molecule has 0 aliphatic rings. The zero-order chi connectivity index (χ0) is 14.3. The maximum atomic E-state index is 12.1. The molecule has 0 aromatic carbocycles. The number of thiophene rings is 1. The number of carbonyl (C=O) groups is 1. The molecule has 2 N–H and O–H groups in total. The van der Waals surface area contributed by atoms with E-state index in [1.807, 2.05) is 20.0 Å². The third kappa shape index (κ3) is 5.06. The zero-order valence-corrected chi connectivity index (χ0v) is 12.7. The number of nitrogens with zero attached hydrogens (tertiary/aromatic N) is 1. The highest BCUT2D eigenvalue weighted by atomic mass is 32.1. The smallest absolute Gasteiger partial charge is 0.225 e. The first kappa shape index (κ1) is 15.7. The van der Waals surface area contributed by atoms with E-state index in [4.69, 9.17) is 5.73 Å². The van der Waals surface area contributed by atoms with Crippen molar-refractivity contribution in [1.29, 1.82) is 0 Å². The average Bonchev–Trinajstić information content (AvgIpc) is 2.83. The van der Waals surface area contributed by atoms with Crippen LogP contribution in [-0.4, -0.2) is 24.4 Å². The minimum atomic E-state index is 0.102. The molecule has 0 aliphatic heterocycles. The van der Waals surface area contributed by atoms with Crippen LogP contribution in [0.25, 0.3) is 0 Å². The Morgan fingerprint density at radius 1 is 1.58 bits per heavy atom. The lowest BCUT2D eigenvalue weighted by Gasteiger charge is -2.20.